The third-order valence-electron chi connectivity index (χ3n) is 2.69. The van der Waals surface area contributed by atoms with Crippen LogP contribution in [-0.2, 0) is 19.1 Å². The summed E-state index contributed by atoms with van der Waals surface area (Å²) >= 11 is 0. The Morgan fingerprint density at radius 2 is 1.76 bits per heavy atom. The highest BCUT2D eigenvalue weighted by Gasteiger charge is 2.34. The lowest BCUT2D eigenvalue weighted by atomic mass is 9.93. The van der Waals surface area contributed by atoms with Crippen molar-refractivity contribution in [1.29, 1.82) is 0 Å². The zero-order valence-electron chi connectivity index (χ0n) is 12.1. The van der Waals surface area contributed by atoms with Crippen molar-refractivity contribution in [3.63, 3.8) is 0 Å². The molecule has 0 fully saturated rings. The van der Waals surface area contributed by atoms with Gasteiger partial charge in [-0.25, -0.2) is 0 Å². The van der Waals surface area contributed by atoms with Crippen LogP contribution in [0.25, 0.3) is 0 Å². The van der Waals surface area contributed by atoms with Gasteiger partial charge >= 0.3 is 5.97 Å². The molecule has 0 spiro atoms. The minimum Gasteiger partial charge on any atom is -0.465 e. The number of carbonyl (C=O) groups excluding carboxylic acids is 4. The zero-order valence-corrected chi connectivity index (χ0v) is 12.1. The number of rotatable bonds is 6. The van der Waals surface area contributed by atoms with E-state index in [-0.39, 0.29) is 23.8 Å². The molecule has 112 valence electrons. The SMILES string of the molecule is CCOC(=O)C(C(C)=O)C(=O)c1ccccc1NC(C)=O. The van der Waals surface area contributed by atoms with E-state index in [2.05, 4.69) is 5.32 Å². The predicted molar refractivity (Wildman–Crippen MR) is 75.9 cm³/mol. The number of Topliss-reactive ketones (excluding diaryl/α,β-unsaturated/α-hetero) is 2. The number of para-hydroxylation sites is 1. The van der Waals surface area contributed by atoms with Gasteiger partial charge < -0.3 is 10.1 Å². The van der Waals surface area contributed by atoms with Gasteiger partial charge in [-0.1, -0.05) is 12.1 Å². The highest BCUT2D eigenvalue weighted by molar-refractivity contribution is 6.23. The fraction of sp³-hybridized carbons (Fsp3) is 0.333. The summed E-state index contributed by atoms with van der Waals surface area (Å²) in [7, 11) is 0. The molecule has 6 heteroatoms. The summed E-state index contributed by atoms with van der Waals surface area (Å²) < 4.78 is 4.76. The lowest BCUT2D eigenvalue weighted by Gasteiger charge is -2.14. The van der Waals surface area contributed by atoms with E-state index in [4.69, 9.17) is 4.74 Å². The molecule has 1 rings (SSSR count). The van der Waals surface area contributed by atoms with Crippen molar-refractivity contribution in [2.75, 3.05) is 11.9 Å². The van der Waals surface area contributed by atoms with E-state index in [9.17, 15) is 19.2 Å². The zero-order chi connectivity index (χ0) is 16.0. The molecule has 6 nitrogen and oxygen atoms in total. The van der Waals surface area contributed by atoms with E-state index in [1.165, 1.54) is 19.1 Å². The first-order valence-corrected chi connectivity index (χ1v) is 6.46. The monoisotopic (exact) mass is 291 g/mol. The minimum absolute atomic E-state index is 0.0727. The van der Waals surface area contributed by atoms with Gasteiger partial charge in [0, 0.05) is 12.5 Å². The lowest BCUT2D eigenvalue weighted by Crippen LogP contribution is -2.32. The third kappa shape index (κ3) is 4.24. The van der Waals surface area contributed by atoms with Gasteiger partial charge in [-0.15, -0.1) is 0 Å². The Morgan fingerprint density at radius 3 is 2.29 bits per heavy atom. The minimum atomic E-state index is -1.51. The van der Waals surface area contributed by atoms with Crippen LogP contribution in [0.2, 0.25) is 0 Å². The molecule has 0 saturated carbocycles. The quantitative estimate of drug-likeness (QED) is 0.488. The molecule has 0 aliphatic rings. The van der Waals surface area contributed by atoms with Crippen LogP contribution in [-0.4, -0.2) is 30.0 Å². The maximum atomic E-state index is 12.4. The van der Waals surface area contributed by atoms with E-state index in [1.807, 2.05) is 0 Å². The van der Waals surface area contributed by atoms with Gasteiger partial charge in [-0.05, 0) is 26.0 Å². The van der Waals surface area contributed by atoms with Crippen molar-refractivity contribution in [2.24, 2.45) is 5.92 Å². The van der Waals surface area contributed by atoms with Crippen LogP contribution in [0.5, 0.6) is 0 Å². The molecule has 0 bridgehead atoms. The summed E-state index contributed by atoms with van der Waals surface area (Å²) in [5, 5.41) is 2.50. The molecular weight excluding hydrogens is 274 g/mol. The highest BCUT2D eigenvalue weighted by atomic mass is 16.5. The maximum absolute atomic E-state index is 12.4. The number of amides is 1. The number of anilines is 1. The Bertz CT molecular complexity index is 579. The van der Waals surface area contributed by atoms with Crippen molar-refractivity contribution < 1.29 is 23.9 Å². The number of hydrogen-bond acceptors (Lipinski definition) is 5. The van der Waals surface area contributed by atoms with Gasteiger partial charge in [-0.3, -0.25) is 19.2 Å². The van der Waals surface area contributed by atoms with Crippen LogP contribution >= 0.6 is 0 Å². The summed E-state index contributed by atoms with van der Waals surface area (Å²) in [5.41, 5.74) is 0.353. The second kappa shape index (κ2) is 7.33. The number of benzene rings is 1. The molecule has 0 aliphatic heterocycles. The van der Waals surface area contributed by atoms with Crippen molar-refractivity contribution in [1.82, 2.24) is 0 Å². The summed E-state index contributed by atoms with van der Waals surface area (Å²) in [6.45, 7) is 4.11. The second-order valence-electron chi connectivity index (χ2n) is 4.39. The van der Waals surface area contributed by atoms with E-state index < -0.39 is 23.5 Å². The standard InChI is InChI=1S/C15H17NO5/c1-4-21-15(20)13(9(2)17)14(19)11-7-5-6-8-12(11)16-10(3)18/h5-8,13H,4H2,1-3H3,(H,16,18). The van der Waals surface area contributed by atoms with Crippen LogP contribution in [0.1, 0.15) is 31.1 Å². The number of ketones is 2. The van der Waals surface area contributed by atoms with Crippen molar-refractivity contribution >= 4 is 29.1 Å². The van der Waals surface area contributed by atoms with Gasteiger partial charge in [0.2, 0.25) is 5.91 Å². The molecule has 0 aromatic heterocycles. The molecule has 1 unspecified atom stereocenters. The summed E-state index contributed by atoms with van der Waals surface area (Å²) in [4.78, 5) is 47.0. The first-order chi connectivity index (χ1) is 9.88. The number of nitrogens with one attached hydrogen (secondary N) is 1. The molecule has 0 aliphatic carbocycles. The van der Waals surface area contributed by atoms with E-state index in [0.717, 1.165) is 6.92 Å². The van der Waals surface area contributed by atoms with Gasteiger partial charge in [-0.2, -0.15) is 0 Å². The fourth-order valence-corrected chi connectivity index (χ4v) is 1.84. The highest BCUT2D eigenvalue weighted by Crippen LogP contribution is 2.20. The molecule has 0 saturated heterocycles. The average molecular weight is 291 g/mol. The third-order valence-corrected chi connectivity index (χ3v) is 2.69. The molecule has 1 amide bonds. The van der Waals surface area contributed by atoms with E-state index >= 15 is 0 Å². The van der Waals surface area contributed by atoms with Crippen molar-refractivity contribution in [2.45, 2.75) is 20.8 Å². The predicted octanol–water partition coefficient (Wildman–Crippen LogP) is 1.60. The molecule has 1 atom stereocenters. The first kappa shape index (κ1) is 16.6. The molecular formula is C15H17NO5. The van der Waals surface area contributed by atoms with Gasteiger partial charge in [0.05, 0.1) is 12.3 Å². The molecule has 0 radical (unpaired) electrons. The van der Waals surface area contributed by atoms with Gasteiger partial charge in [0.25, 0.3) is 0 Å². The number of ether oxygens (including phenoxy) is 1. The van der Waals surface area contributed by atoms with Crippen LogP contribution < -0.4 is 5.32 Å². The maximum Gasteiger partial charge on any atom is 0.324 e. The summed E-state index contributed by atoms with van der Waals surface area (Å²) in [6.07, 6.45) is 0. The van der Waals surface area contributed by atoms with E-state index in [0.29, 0.717) is 0 Å². The van der Waals surface area contributed by atoms with Crippen LogP contribution in [0.3, 0.4) is 0 Å². The fourth-order valence-electron chi connectivity index (χ4n) is 1.84. The van der Waals surface area contributed by atoms with Crippen molar-refractivity contribution in [3.8, 4) is 0 Å². The number of hydrogen-bond donors (Lipinski definition) is 1. The summed E-state index contributed by atoms with van der Waals surface area (Å²) in [5.74, 6) is -4.04. The number of esters is 1. The van der Waals surface area contributed by atoms with Crippen molar-refractivity contribution in [3.05, 3.63) is 29.8 Å². The topological polar surface area (TPSA) is 89.5 Å². The van der Waals surface area contributed by atoms with E-state index in [1.54, 1.807) is 19.1 Å². The lowest BCUT2D eigenvalue weighted by molar-refractivity contribution is -0.148. The molecule has 1 aromatic carbocycles. The normalized spacial score (nSPS) is 11.4. The van der Waals surface area contributed by atoms with Gasteiger partial charge in [0.1, 0.15) is 0 Å². The Labute approximate surface area is 122 Å². The van der Waals surface area contributed by atoms with Crippen LogP contribution in [0.4, 0.5) is 5.69 Å². The Balaban J connectivity index is 3.18. The Kier molecular flexibility index (Phi) is 5.78. The first-order valence-electron chi connectivity index (χ1n) is 6.46. The molecule has 1 N–H and O–H groups in total. The Hall–Kier alpha value is -2.50. The van der Waals surface area contributed by atoms with Crippen LogP contribution in [0, 0.1) is 5.92 Å². The second-order valence-corrected chi connectivity index (χ2v) is 4.39. The smallest absolute Gasteiger partial charge is 0.324 e. The summed E-state index contributed by atoms with van der Waals surface area (Å²) in [6, 6.07) is 6.19. The average Bonchev–Trinajstić information content (AvgIpc) is 2.38. The molecule has 1 aromatic rings. The Morgan fingerprint density at radius 1 is 1.14 bits per heavy atom. The van der Waals surface area contributed by atoms with Crippen LogP contribution in [0.15, 0.2) is 24.3 Å². The molecule has 0 heterocycles. The van der Waals surface area contributed by atoms with Gasteiger partial charge in [0.15, 0.2) is 17.5 Å². The molecule has 21 heavy (non-hydrogen) atoms. The number of carbonyl (C=O) groups is 4. The largest absolute Gasteiger partial charge is 0.465 e.